The Morgan fingerprint density at radius 1 is 1.57 bits per heavy atom. The van der Waals surface area contributed by atoms with Gasteiger partial charge < -0.3 is 10.1 Å². The van der Waals surface area contributed by atoms with Gasteiger partial charge in [0.15, 0.2) is 0 Å². The van der Waals surface area contributed by atoms with Crippen molar-refractivity contribution < 1.29 is 9.53 Å². The van der Waals surface area contributed by atoms with E-state index in [2.05, 4.69) is 27.9 Å². The number of nitrogens with one attached hydrogen (secondary N) is 1. The standard InChI is InChI=1S/C9H7ClINO2/c10-6-3-5(1-2-7(6)11)8-4-14-9(13)12-8/h1-3,8H,4H2,(H,12,13)/t8-/m1/s1. The number of alkyl carbamates (subject to hydrolysis) is 1. The topological polar surface area (TPSA) is 38.3 Å². The Morgan fingerprint density at radius 3 is 2.93 bits per heavy atom. The summed E-state index contributed by atoms with van der Waals surface area (Å²) in [5.74, 6) is 0. The normalized spacial score (nSPS) is 20.4. The highest BCUT2D eigenvalue weighted by molar-refractivity contribution is 14.1. The number of benzene rings is 1. The molecule has 0 aliphatic carbocycles. The Bertz CT molecular complexity index is 383. The first-order chi connectivity index (χ1) is 6.66. The lowest BCUT2D eigenvalue weighted by Gasteiger charge is -2.08. The highest BCUT2D eigenvalue weighted by Gasteiger charge is 2.23. The molecule has 0 radical (unpaired) electrons. The number of hydrogen-bond acceptors (Lipinski definition) is 2. The first-order valence-electron chi connectivity index (χ1n) is 4.05. The van der Waals surface area contributed by atoms with Gasteiger partial charge in [0.2, 0.25) is 0 Å². The molecule has 1 saturated heterocycles. The van der Waals surface area contributed by atoms with Gasteiger partial charge in [0.25, 0.3) is 0 Å². The first kappa shape index (κ1) is 10.0. The van der Waals surface area contributed by atoms with E-state index in [9.17, 15) is 4.79 Å². The second kappa shape index (κ2) is 3.94. The maximum Gasteiger partial charge on any atom is 0.407 e. The fourth-order valence-corrected chi connectivity index (χ4v) is 1.82. The molecule has 5 heteroatoms. The second-order valence-corrected chi connectivity index (χ2v) is 4.54. The molecule has 0 spiro atoms. The summed E-state index contributed by atoms with van der Waals surface area (Å²) < 4.78 is 5.79. The molecule has 2 rings (SSSR count). The molecule has 14 heavy (non-hydrogen) atoms. The van der Waals surface area contributed by atoms with Crippen molar-refractivity contribution in [1.82, 2.24) is 5.32 Å². The van der Waals surface area contributed by atoms with Crippen molar-refractivity contribution >= 4 is 40.3 Å². The summed E-state index contributed by atoms with van der Waals surface area (Å²) in [7, 11) is 0. The number of hydrogen-bond donors (Lipinski definition) is 1. The van der Waals surface area contributed by atoms with Crippen molar-refractivity contribution in [2.24, 2.45) is 0 Å². The van der Waals surface area contributed by atoms with Gasteiger partial charge in [-0.3, -0.25) is 0 Å². The van der Waals surface area contributed by atoms with Crippen molar-refractivity contribution in [3.63, 3.8) is 0 Å². The van der Waals surface area contributed by atoms with E-state index in [-0.39, 0.29) is 12.1 Å². The van der Waals surface area contributed by atoms with Crippen molar-refractivity contribution in [2.45, 2.75) is 6.04 Å². The quantitative estimate of drug-likeness (QED) is 0.807. The highest BCUT2D eigenvalue weighted by atomic mass is 127. The number of halogens is 2. The Labute approximate surface area is 99.9 Å². The van der Waals surface area contributed by atoms with Gasteiger partial charge in [0.05, 0.1) is 11.1 Å². The third-order valence-electron chi connectivity index (χ3n) is 2.02. The van der Waals surface area contributed by atoms with Crippen LogP contribution in [0.3, 0.4) is 0 Å². The van der Waals surface area contributed by atoms with E-state index in [0.29, 0.717) is 11.6 Å². The Hall–Kier alpha value is -0.490. The van der Waals surface area contributed by atoms with Gasteiger partial charge in [-0.15, -0.1) is 0 Å². The molecule has 1 heterocycles. The van der Waals surface area contributed by atoms with Crippen molar-refractivity contribution in [3.8, 4) is 0 Å². The molecule has 3 nitrogen and oxygen atoms in total. The minimum absolute atomic E-state index is 0.0722. The zero-order chi connectivity index (χ0) is 10.1. The van der Waals surface area contributed by atoms with E-state index in [4.69, 9.17) is 16.3 Å². The van der Waals surface area contributed by atoms with Crippen LogP contribution in [0.4, 0.5) is 4.79 Å². The van der Waals surface area contributed by atoms with Crippen LogP contribution in [0.15, 0.2) is 18.2 Å². The molecule has 74 valence electrons. The van der Waals surface area contributed by atoms with E-state index in [1.807, 2.05) is 18.2 Å². The molecule has 1 amide bonds. The molecule has 1 aliphatic rings. The van der Waals surface area contributed by atoms with Gasteiger partial charge in [-0.25, -0.2) is 4.79 Å². The van der Waals surface area contributed by atoms with Crippen LogP contribution in [0.2, 0.25) is 5.02 Å². The predicted molar refractivity (Wildman–Crippen MR) is 61.4 cm³/mol. The van der Waals surface area contributed by atoms with Gasteiger partial charge in [0, 0.05) is 3.57 Å². The third-order valence-corrected chi connectivity index (χ3v) is 3.59. The molecule has 1 aliphatic heterocycles. The van der Waals surface area contributed by atoms with Crippen LogP contribution in [0.5, 0.6) is 0 Å². The molecule has 0 unspecified atom stereocenters. The average Bonchev–Trinajstić information content (AvgIpc) is 2.57. The Kier molecular flexibility index (Phi) is 2.83. The van der Waals surface area contributed by atoms with Gasteiger partial charge in [-0.2, -0.15) is 0 Å². The molecule has 1 aromatic carbocycles. The minimum atomic E-state index is -0.371. The lowest BCUT2D eigenvalue weighted by molar-refractivity contribution is 0.177. The van der Waals surface area contributed by atoms with Crippen molar-refractivity contribution in [2.75, 3.05) is 6.61 Å². The summed E-state index contributed by atoms with van der Waals surface area (Å²) in [6, 6.07) is 5.64. The molecule has 1 fully saturated rings. The van der Waals surface area contributed by atoms with Gasteiger partial charge >= 0.3 is 6.09 Å². The van der Waals surface area contributed by atoms with Crippen LogP contribution < -0.4 is 5.32 Å². The fourth-order valence-electron chi connectivity index (χ4n) is 1.29. The van der Waals surface area contributed by atoms with E-state index in [0.717, 1.165) is 9.13 Å². The second-order valence-electron chi connectivity index (χ2n) is 2.97. The molecule has 1 atom stereocenters. The van der Waals surface area contributed by atoms with Crippen LogP contribution in [0.25, 0.3) is 0 Å². The van der Waals surface area contributed by atoms with Crippen molar-refractivity contribution in [3.05, 3.63) is 32.4 Å². The van der Waals surface area contributed by atoms with Crippen LogP contribution in [0, 0.1) is 3.57 Å². The summed E-state index contributed by atoms with van der Waals surface area (Å²) in [6.45, 7) is 0.371. The highest BCUT2D eigenvalue weighted by Crippen LogP contribution is 2.25. The number of cyclic esters (lactones) is 1. The molecule has 0 aromatic heterocycles. The minimum Gasteiger partial charge on any atom is -0.447 e. The number of ether oxygens (including phenoxy) is 1. The number of amides is 1. The molecule has 0 bridgehead atoms. The largest absolute Gasteiger partial charge is 0.447 e. The van der Waals surface area contributed by atoms with Gasteiger partial charge in [-0.1, -0.05) is 17.7 Å². The summed E-state index contributed by atoms with van der Waals surface area (Å²) in [4.78, 5) is 10.8. The lowest BCUT2D eigenvalue weighted by atomic mass is 10.1. The van der Waals surface area contributed by atoms with Crippen LogP contribution in [-0.2, 0) is 4.74 Å². The summed E-state index contributed by atoms with van der Waals surface area (Å²) in [6.07, 6.45) is -0.371. The Balaban J connectivity index is 2.24. The maximum absolute atomic E-state index is 10.8. The Morgan fingerprint density at radius 2 is 2.36 bits per heavy atom. The number of carbonyl (C=O) groups excluding carboxylic acids is 1. The predicted octanol–water partition coefficient (Wildman–Crippen LogP) is 2.73. The molecule has 0 saturated carbocycles. The van der Waals surface area contributed by atoms with Crippen LogP contribution in [-0.4, -0.2) is 12.7 Å². The third kappa shape index (κ3) is 1.95. The number of carbonyl (C=O) groups is 1. The van der Waals surface area contributed by atoms with E-state index < -0.39 is 0 Å². The van der Waals surface area contributed by atoms with Gasteiger partial charge in [0.1, 0.15) is 6.61 Å². The lowest BCUT2D eigenvalue weighted by Crippen LogP contribution is -2.18. The summed E-state index contributed by atoms with van der Waals surface area (Å²) in [5, 5.41) is 3.39. The van der Waals surface area contributed by atoms with Gasteiger partial charge in [-0.05, 0) is 40.3 Å². The fraction of sp³-hybridized carbons (Fsp3) is 0.222. The SMILES string of the molecule is O=C1N[C@@H](c2ccc(I)c(Cl)c2)CO1. The van der Waals surface area contributed by atoms with Crippen molar-refractivity contribution in [1.29, 1.82) is 0 Å². The zero-order valence-electron chi connectivity index (χ0n) is 7.09. The monoisotopic (exact) mass is 323 g/mol. The van der Waals surface area contributed by atoms with E-state index >= 15 is 0 Å². The number of rotatable bonds is 1. The first-order valence-corrected chi connectivity index (χ1v) is 5.51. The summed E-state index contributed by atoms with van der Waals surface area (Å²) in [5.41, 5.74) is 0.973. The molecule has 1 aromatic rings. The smallest absolute Gasteiger partial charge is 0.407 e. The van der Waals surface area contributed by atoms with Crippen LogP contribution >= 0.6 is 34.2 Å². The van der Waals surface area contributed by atoms with E-state index in [1.54, 1.807) is 0 Å². The summed E-state index contributed by atoms with van der Waals surface area (Å²) >= 11 is 8.13. The molecule has 1 N–H and O–H groups in total. The van der Waals surface area contributed by atoms with E-state index in [1.165, 1.54) is 0 Å². The molecular weight excluding hydrogens is 316 g/mol. The van der Waals surface area contributed by atoms with Crippen LogP contribution in [0.1, 0.15) is 11.6 Å². The molecular formula is C9H7ClINO2. The zero-order valence-corrected chi connectivity index (χ0v) is 10.0. The average molecular weight is 324 g/mol. The maximum atomic E-state index is 10.8.